The minimum Gasteiger partial charge on any atom is -0.368 e. The lowest BCUT2D eigenvalue weighted by atomic mass is 9.93. The molecule has 0 spiro atoms. The van der Waals surface area contributed by atoms with Gasteiger partial charge in [-0.15, -0.1) is 0 Å². The summed E-state index contributed by atoms with van der Waals surface area (Å²) in [5.41, 5.74) is 10.9. The van der Waals surface area contributed by atoms with Crippen molar-refractivity contribution in [3.05, 3.63) is 143 Å². The van der Waals surface area contributed by atoms with Gasteiger partial charge in [0.15, 0.2) is 0 Å². The van der Waals surface area contributed by atoms with Gasteiger partial charge in [0, 0.05) is 19.3 Å². The van der Waals surface area contributed by atoms with Crippen LogP contribution < -0.4 is 10.6 Å². The summed E-state index contributed by atoms with van der Waals surface area (Å²) in [5, 5.41) is 7.29. The Kier molecular flexibility index (Phi) is 11.2. The Bertz CT molecular complexity index is 2280. The molecule has 0 saturated carbocycles. The summed E-state index contributed by atoms with van der Waals surface area (Å²) >= 11 is 0. The molecule has 4 heterocycles. The van der Waals surface area contributed by atoms with E-state index in [2.05, 4.69) is 77.0 Å². The van der Waals surface area contributed by atoms with E-state index in [1.54, 1.807) is 0 Å². The maximum absolute atomic E-state index is 14.0. The van der Waals surface area contributed by atoms with Crippen molar-refractivity contribution in [3.63, 3.8) is 0 Å². The van der Waals surface area contributed by atoms with Crippen LogP contribution in [0.5, 0.6) is 0 Å². The van der Waals surface area contributed by atoms with Crippen molar-refractivity contribution in [3.8, 4) is 22.4 Å². The summed E-state index contributed by atoms with van der Waals surface area (Å²) < 4.78 is 0. The molecule has 2 fully saturated rings. The van der Waals surface area contributed by atoms with E-state index in [1.165, 1.54) is 22.3 Å². The highest BCUT2D eigenvalue weighted by Gasteiger charge is 2.40. The number of hydrogen-bond acceptors (Lipinski definition) is 7. The van der Waals surface area contributed by atoms with E-state index in [1.807, 2.05) is 110 Å². The third kappa shape index (κ3) is 7.66. The zero-order valence-corrected chi connectivity index (χ0v) is 34.6. The second-order valence-electron chi connectivity index (χ2n) is 16.6. The maximum Gasteiger partial charge on any atom is 0.245 e. The Morgan fingerprint density at radius 1 is 0.707 bits per heavy atom. The Labute approximate surface area is 343 Å². The van der Waals surface area contributed by atoms with Gasteiger partial charge in [0.2, 0.25) is 11.8 Å². The molecule has 5 aromatic rings. The molecule has 0 aliphatic carbocycles. The second-order valence-corrected chi connectivity index (χ2v) is 16.6. The number of carbonyl (C=O) groups excluding carboxylic acids is 2. The molecular formula is C48H56N8O2. The zero-order chi connectivity index (χ0) is 40.5. The van der Waals surface area contributed by atoms with E-state index in [0.717, 1.165) is 78.2 Å². The van der Waals surface area contributed by atoms with Gasteiger partial charge >= 0.3 is 0 Å². The van der Waals surface area contributed by atoms with E-state index in [9.17, 15) is 9.59 Å². The smallest absolute Gasteiger partial charge is 0.245 e. The number of aryl methyl sites for hydroxylation is 2. The number of aromatic amines is 1. The molecule has 10 nitrogen and oxygen atoms in total. The third-order valence-electron chi connectivity index (χ3n) is 12.2. The Hall–Kier alpha value is -5.71. The van der Waals surface area contributed by atoms with Gasteiger partial charge in [-0.05, 0) is 124 Å². The summed E-state index contributed by atoms with van der Waals surface area (Å²) in [4.78, 5) is 44.5. The number of amides is 2. The van der Waals surface area contributed by atoms with Gasteiger partial charge in [-0.2, -0.15) is 0 Å². The predicted molar refractivity (Wildman–Crippen MR) is 231 cm³/mol. The molecule has 3 aliphatic heterocycles. The summed E-state index contributed by atoms with van der Waals surface area (Å²) in [6, 6.07) is 32.6. The molecule has 0 bridgehead atoms. The van der Waals surface area contributed by atoms with Crippen LogP contribution in [0.4, 0.5) is 0 Å². The summed E-state index contributed by atoms with van der Waals surface area (Å²) in [7, 11) is 7.89. The molecule has 10 heteroatoms. The van der Waals surface area contributed by atoms with Crippen LogP contribution >= 0.6 is 0 Å². The number of likely N-dealkylation sites (tertiary alicyclic amines) is 2. The van der Waals surface area contributed by atoms with Gasteiger partial charge in [0.25, 0.3) is 0 Å². The van der Waals surface area contributed by atoms with Gasteiger partial charge in [0.05, 0.1) is 29.7 Å². The zero-order valence-electron chi connectivity index (χ0n) is 34.6. The summed E-state index contributed by atoms with van der Waals surface area (Å²) in [6.07, 6.45) is 7.67. The number of hydrogen-bond donors (Lipinski definition) is 3. The number of H-pyrrole nitrogens is 1. The molecule has 1 aromatic heterocycles. The molecule has 2 saturated heterocycles. The van der Waals surface area contributed by atoms with E-state index in [0.29, 0.717) is 0 Å². The van der Waals surface area contributed by atoms with Crippen molar-refractivity contribution in [1.29, 1.82) is 0 Å². The third-order valence-corrected chi connectivity index (χ3v) is 12.2. The highest BCUT2D eigenvalue weighted by atomic mass is 16.2. The lowest BCUT2D eigenvalue weighted by Gasteiger charge is -2.35. The Morgan fingerprint density at radius 2 is 1.26 bits per heavy atom. The highest BCUT2D eigenvalue weighted by molar-refractivity contribution is 5.85. The number of aromatic nitrogens is 2. The van der Waals surface area contributed by atoms with Gasteiger partial charge in [-0.1, -0.05) is 84.9 Å². The fraction of sp³-hybridized carbons (Fsp3) is 0.354. The van der Waals surface area contributed by atoms with Crippen LogP contribution in [-0.4, -0.2) is 94.9 Å². The predicted octanol–water partition coefficient (Wildman–Crippen LogP) is 7.44. The first kappa shape index (κ1) is 39.1. The molecule has 1 unspecified atom stereocenters. The van der Waals surface area contributed by atoms with Crippen LogP contribution in [0.15, 0.2) is 109 Å². The van der Waals surface area contributed by atoms with Crippen LogP contribution in [-0.2, 0) is 9.59 Å². The highest BCUT2D eigenvalue weighted by Crippen LogP contribution is 2.37. The average molecular weight is 777 g/mol. The van der Waals surface area contributed by atoms with Crippen LogP contribution in [0.1, 0.15) is 77.5 Å². The quantitative estimate of drug-likeness (QED) is 0.128. The van der Waals surface area contributed by atoms with Crippen LogP contribution in [0.2, 0.25) is 0 Å². The lowest BCUT2D eigenvalue weighted by Crippen LogP contribution is -2.53. The van der Waals surface area contributed by atoms with E-state index >= 15 is 0 Å². The molecule has 58 heavy (non-hydrogen) atoms. The van der Waals surface area contributed by atoms with Gasteiger partial charge in [-0.25, -0.2) is 4.98 Å². The molecule has 4 aromatic carbocycles. The Morgan fingerprint density at radius 3 is 1.86 bits per heavy atom. The fourth-order valence-corrected chi connectivity index (χ4v) is 9.35. The van der Waals surface area contributed by atoms with E-state index in [4.69, 9.17) is 4.98 Å². The largest absolute Gasteiger partial charge is 0.368 e. The van der Waals surface area contributed by atoms with E-state index < -0.39 is 0 Å². The average Bonchev–Trinajstić information content (AvgIpc) is 4.06. The SMILES string of the molecule is Cc1cc(C2=CNC([C@@H]3CCCN3C(=O)[C@@H](c3ccccc3)N(C)C)N2)ccc1-c1ccc(-c2cnc([C@@H]3CCCN3C(=O)[C@@H](c3ccccc3)N(C)C)[nH]2)cc1C. The van der Waals surface area contributed by atoms with Gasteiger partial charge < -0.3 is 25.4 Å². The van der Waals surface area contributed by atoms with Crippen molar-refractivity contribution in [2.24, 2.45) is 0 Å². The number of carbonyl (C=O) groups is 2. The molecule has 5 atom stereocenters. The van der Waals surface area contributed by atoms with Gasteiger partial charge in [-0.3, -0.25) is 19.4 Å². The normalized spacial score (nSPS) is 20.3. The number of imidazole rings is 1. The molecule has 300 valence electrons. The van der Waals surface area contributed by atoms with Crippen LogP contribution in [0.3, 0.4) is 0 Å². The first-order valence-corrected chi connectivity index (χ1v) is 20.6. The van der Waals surface area contributed by atoms with Crippen molar-refractivity contribution in [2.45, 2.75) is 69.9 Å². The van der Waals surface area contributed by atoms with Crippen molar-refractivity contribution in [1.82, 2.24) is 40.2 Å². The van der Waals surface area contributed by atoms with E-state index in [-0.39, 0.29) is 42.1 Å². The number of nitrogens with one attached hydrogen (secondary N) is 3. The molecule has 8 rings (SSSR count). The van der Waals surface area contributed by atoms with Crippen molar-refractivity contribution in [2.75, 3.05) is 41.3 Å². The topological polar surface area (TPSA) is 99.8 Å². The first-order chi connectivity index (χ1) is 28.1. The number of benzene rings is 4. The molecular weight excluding hydrogens is 721 g/mol. The van der Waals surface area contributed by atoms with Gasteiger partial charge in [0.1, 0.15) is 24.1 Å². The molecule has 3 aliphatic rings. The summed E-state index contributed by atoms with van der Waals surface area (Å²) in [6.45, 7) is 5.81. The first-order valence-electron chi connectivity index (χ1n) is 20.6. The standard InChI is InChI=1S/C48H56N8O2/c1-31-27-35(39-29-49-45(51-39)41-19-13-25-55(41)47(57)43(53(3)4)33-15-9-7-10-16-33)21-23-37(31)38-24-22-36(28-32(38)2)40-30-50-46(52-40)42-20-14-26-56(42)48(58)44(54(5)6)34-17-11-8-12-18-34/h7-12,15-18,21-24,27-30,41-45,49,51H,13-14,19-20,25-26H2,1-6H3,(H,50,52)/t41-,42-,43+,44+,45?/m0/s1. The molecule has 3 N–H and O–H groups in total. The van der Waals surface area contributed by atoms with Crippen LogP contribution in [0, 0.1) is 13.8 Å². The molecule has 0 radical (unpaired) electrons. The maximum atomic E-state index is 14.0. The second kappa shape index (κ2) is 16.6. The minimum absolute atomic E-state index is 0.0505. The van der Waals surface area contributed by atoms with Crippen molar-refractivity contribution >= 4 is 17.5 Å². The molecule has 2 amide bonds. The Balaban J connectivity index is 0.938. The minimum atomic E-state index is -0.342. The fourth-order valence-electron chi connectivity index (χ4n) is 9.35. The van der Waals surface area contributed by atoms with Crippen molar-refractivity contribution < 1.29 is 9.59 Å². The monoisotopic (exact) mass is 776 g/mol. The number of likely N-dealkylation sites (N-methyl/N-ethyl adjacent to an activating group) is 2. The lowest BCUT2D eigenvalue weighted by molar-refractivity contribution is -0.138. The number of rotatable bonds is 11. The van der Waals surface area contributed by atoms with Crippen LogP contribution in [0.25, 0.3) is 28.1 Å². The number of nitrogens with zero attached hydrogens (tertiary/aromatic N) is 5. The summed E-state index contributed by atoms with van der Waals surface area (Å²) in [5.74, 6) is 1.09.